The Balaban J connectivity index is 1.47. The molecule has 1 unspecified atom stereocenters. The van der Waals surface area contributed by atoms with Gasteiger partial charge in [-0.2, -0.15) is 0 Å². The third-order valence-electron chi connectivity index (χ3n) is 4.73. The lowest BCUT2D eigenvalue weighted by molar-refractivity contribution is -0.167. The summed E-state index contributed by atoms with van der Waals surface area (Å²) in [4.78, 5) is 5.09. The first-order valence-electron chi connectivity index (χ1n) is 9.18. The smallest absolute Gasteiger partial charge is 0.157 e. The van der Waals surface area contributed by atoms with Gasteiger partial charge in [0.1, 0.15) is 0 Å². The molecular formula is C21H25NO2S. The van der Waals surface area contributed by atoms with Gasteiger partial charge in [0.05, 0.1) is 18.0 Å². The second-order valence-electron chi connectivity index (χ2n) is 6.88. The van der Waals surface area contributed by atoms with E-state index in [1.54, 1.807) is 0 Å². The van der Waals surface area contributed by atoms with E-state index in [1.807, 2.05) is 11.8 Å². The zero-order valence-electron chi connectivity index (χ0n) is 14.7. The first-order valence-corrected chi connectivity index (χ1v) is 9.99. The van der Waals surface area contributed by atoms with Crippen LogP contribution in [-0.4, -0.2) is 26.0 Å². The van der Waals surface area contributed by atoms with E-state index in [9.17, 15) is 0 Å². The Kier molecular flexibility index (Phi) is 5.30. The molecule has 25 heavy (non-hydrogen) atoms. The standard InChI is InChI=1S/C21H25NO2S/c1-16(15-24-21-12-6-7-13-23-21)14-22-17-8-2-4-10-19(17)25-20-11-5-3-9-18(20)22/h2-5,8-11,16,21H,6-7,12-15H2,1H3/t16-,21?/m0/s1. The maximum atomic E-state index is 6.01. The van der Waals surface area contributed by atoms with Crippen LogP contribution in [0.2, 0.25) is 0 Å². The summed E-state index contributed by atoms with van der Waals surface area (Å²) in [5.74, 6) is 0.426. The molecule has 2 aromatic rings. The van der Waals surface area contributed by atoms with Gasteiger partial charge in [0.2, 0.25) is 0 Å². The topological polar surface area (TPSA) is 21.7 Å². The second-order valence-corrected chi connectivity index (χ2v) is 7.97. The number of hydrogen-bond acceptors (Lipinski definition) is 4. The number of rotatable bonds is 5. The molecule has 132 valence electrons. The minimum absolute atomic E-state index is 0.00677. The van der Waals surface area contributed by atoms with Crippen molar-refractivity contribution in [1.29, 1.82) is 0 Å². The van der Waals surface area contributed by atoms with Crippen LogP contribution in [0.5, 0.6) is 0 Å². The largest absolute Gasteiger partial charge is 0.353 e. The molecule has 0 N–H and O–H groups in total. The summed E-state index contributed by atoms with van der Waals surface area (Å²) < 4.78 is 11.7. The average molecular weight is 356 g/mol. The van der Waals surface area contributed by atoms with Gasteiger partial charge in [-0.05, 0) is 49.4 Å². The number of para-hydroxylation sites is 2. The zero-order chi connectivity index (χ0) is 17.1. The molecule has 0 bridgehead atoms. The maximum absolute atomic E-state index is 6.01. The summed E-state index contributed by atoms with van der Waals surface area (Å²) in [6, 6.07) is 17.3. The number of anilines is 2. The Bertz CT molecular complexity index is 669. The third kappa shape index (κ3) is 3.86. The van der Waals surface area contributed by atoms with E-state index < -0.39 is 0 Å². The van der Waals surface area contributed by atoms with Crippen LogP contribution in [0.25, 0.3) is 0 Å². The number of benzene rings is 2. The monoisotopic (exact) mass is 355 g/mol. The highest BCUT2D eigenvalue weighted by Gasteiger charge is 2.24. The summed E-state index contributed by atoms with van der Waals surface area (Å²) in [7, 11) is 0. The molecule has 3 nitrogen and oxygen atoms in total. The van der Waals surface area contributed by atoms with Crippen LogP contribution in [0.4, 0.5) is 11.4 Å². The summed E-state index contributed by atoms with van der Waals surface area (Å²) in [6.07, 6.45) is 3.39. The van der Waals surface area contributed by atoms with Gasteiger partial charge < -0.3 is 14.4 Å². The highest BCUT2D eigenvalue weighted by molar-refractivity contribution is 7.99. The summed E-state index contributed by atoms with van der Waals surface area (Å²) in [6.45, 7) is 4.78. The van der Waals surface area contributed by atoms with E-state index in [2.05, 4.69) is 60.4 Å². The fourth-order valence-electron chi connectivity index (χ4n) is 3.46. The lowest BCUT2D eigenvalue weighted by Crippen LogP contribution is -2.30. The van der Waals surface area contributed by atoms with Crippen LogP contribution in [0.1, 0.15) is 26.2 Å². The van der Waals surface area contributed by atoms with Gasteiger partial charge in [-0.15, -0.1) is 0 Å². The van der Waals surface area contributed by atoms with Crippen LogP contribution >= 0.6 is 11.8 Å². The van der Waals surface area contributed by atoms with Gasteiger partial charge in [0.15, 0.2) is 6.29 Å². The molecule has 0 radical (unpaired) electrons. The first-order chi connectivity index (χ1) is 12.3. The highest BCUT2D eigenvalue weighted by atomic mass is 32.2. The molecule has 2 atom stereocenters. The molecule has 4 rings (SSSR count). The van der Waals surface area contributed by atoms with Crippen LogP contribution in [0.15, 0.2) is 58.3 Å². The number of nitrogens with zero attached hydrogens (tertiary/aromatic N) is 1. The number of fused-ring (bicyclic) bond motifs is 2. The minimum atomic E-state index is -0.00677. The summed E-state index contributed by atoms with van der Waals surface area (Å²) in [5.41, 5.74) is 2.60. The Morgan fingerprint density at radius 2 is 1.76 bits per heavy atom. The lowest BCUT2D eigenvalue weighted by Gasteiger charge is -2.35. The first kappa shape index (κ1) is 17.0. The molecule has 0 aliphatic carbocycles. The summed E-state index contributed by atoms with van der Waals surface area (Å²) in [5, 5.41) is 0. The molecule has 2 aliphatic heterocycles. The molecule has 1 fully saturated rings. The fourth-order valence-corrected chi connectivity index (χ4v) is 4.55. The molecule has 1 saturated heterocycles. The second kappa shape index (κ2) is 7.81. The minimum Gasteiger partial charge on any atom is -0.353 e. The van der Waals surface area contributed by atoms with Crippen LogP contribution in [-0.2, 0) is 9.47 Å². The van der Waals surface area contributed by atoms with E-state index >= 15 is 0 Å². The van der Waals surface area contributed by atoms with Crippen LogP contribution in [0.3, 0.4) is 0 Å². The predicted octanol–water partition coefficient (Wildman–Crippen LogP) is 5.47. The van der Waals surface area contributed by atoms with Gasteiger partial charge in [-0.3, -0.25) is 0 Å². The fraction of sp³-hybridized carbons (Fsp3) is 0.429. The van der Waals surface area contributed by atoms with Gasteiger partial charge in [-0.1, -0.05) is 43.0 Å². The van der Waals surface area contributed by atoms with Gasteiger partial charge in [0, 0.05) is 22.9 Å². The Labute approximate surface area is 154 Å². The van der Waals surface area contributed by atoms with E-state index in [1.165, 1.54) is 27.6 Å². The molecule has 0 amide bonds. The van der Waals surface area contributed by atoms with Gasteiger partial charge in [0.25, 0.3) is 0 Å². The third-order valence-corrected chi connectivity index (χ3v) is 5.86. The van der Waals surface area contributed by atoms with Crippen molar-refractivity contribution in [3.05, 3.63) is 48.5 Å². The number of hydrogen-bond donors (Lipinski definition) is 0. The molecule has 0 spiro atoms. The van der Waals surface area contributed by atoms with E-state index in [-0.39, 0.29) is 6.29 Å². The highest BCUT2D eigenvalue weighted by Crippen LogP contribution is 2.47. The lowest BCUT2D eigenvalue weighted by atomic mass is 10.1. The SMILES string of the molecule is C[C@H](COC1CCCCO1)CN1c2ccccc2Sc2ccccc21. The zero-order valence-corrected chi connectivity index (χ0v) is 15.5. The molecule has 2 aromatic carbocycles. The van der Waals surface area contributed by atoms with E-state index in [0.717, 1.165) is 32.6 Å². The Morgan fingerprint density at radius 3 is 2.40 bits per heavy atom. The Morgan fingerprint density at radius 1 is 1.08 bits per heavy atom. The van der Waals surface area contributed by atoms with Crippen molar-refractivity contribution in [2.75, 3.05) is 24.7 Å². The average Bonchev–Trinajstić information content (AvgIpc) is 2.67. The van der Waals surface area contributed by atoms with Crippen molar-refractivity contribution in [2.24, 2.45) is 5.92 Å². The quantitative estimate of drug-likeness (QED) is 0.709. The van der Waals surface area contributed by atoms with E-state index in [4.69, 9.17) is 9.47 Å². The summed E-state index contributed by atoms with van der Waals surface area (Å²) >= 11 is 1.86. The molecule has 4 heteroatoms. The van der Waals surface area contributed by atoms with Crippen molar-refractivity contribution in [1.82, 2.24) is 0 Å². The van der Waals surface area contributed by atoms with Crippen molar-refractivity contribution in [3.8, 4) is 0 Å². The van der Waals surface area contributed by atoms with Crippen LogP contribution in [0, 0.1) is 5.92 Å². The van der Waals surface area contributed by atoms with Crippen LogP contribution < -0.4 is 4.90 Å². The Hall–Kier alpha value is -1.49. The molecule has 0 saturated carbocycles. The molecule has 2 heterocycles. The molecule has 0 aromatic heterocycles. The maximum Gasteiger partial charge on any atom is 0.157 e. The van der Waals surface area contributed by atoms with Crippen molar-refractivity contribution < 1.29 is 9.47 Å². The number of ether oxygens (including phenoxy) is 2. The predicted molar refractivity (Wildman–Crippen MR) is 103 cm³/mol. The normalized spacial score (nSPS) is 20.7. The van der Waals surface area contributed by atoms with Crippen molar-refractivity contribution in [2.45, 2.75) is 42.3 Å². The molecular weight excluding hydrogens is 330 g/mol. The van der Waals surface area contributed by atoms with Crippen molar-refractivity contribution in [3.63, 3.8) is 0 Å². The van der Waals surface area contributed by atoms with E-state index in [0.29, 0.717) is 5.92 Å². The molecule has 2 aliphatic rings. The van der Waals surface area contributed by atoms with Crippen molar-refractivity contribution >= 4 is 23.1 Å². The van der Waals surface area contributed by atoms with Gasteiger partial charge >= 0.3 is 0 Å². The van der Waals surface area contributed by atoms with Gasteiger partial charge in [-0.25, -0.2) is 0 Å².